The number of amides is 2. The zero-order valence-corrected chi connectivity index (χ0v) is 15.5. The summed E-state index contributed by atoms with van der Waals surface area (Å²) < 4.78 is 23.4. The van der Waals surface area contributed by atoms with Crippen LogP contribution in [0, 0.1) is 0 Å². The Morgan fingerprint density at radius 3 is 2.38 bits per heavy atom. The Bertz CT molecular complexity index is 984. The number of sulfone groups is 1. The lowest BCUT2D eigenvalue weighted by Crippen LogP contribution is -2.27. The summed E-state index contributed by atoms with van der Waals surface area (Å²) in [5, 5.41) is 5.63. The summed E-state index contributed by atoms with van der Waals surface area (Å²) in [7, 11) is -3.48. The summed E-state index contributed by atoms with van der Waals surface area (Å²) in [6.45, 7) is 0. The third-order valence-corrected chi connectivity index (χ3v) is 5.38. The van der Waals surface area contributed by atoms with E-state index in [4.69, 9.17) is 11.6 Å². The van der Waals surface area contributed by atoms with E-state index < -0.39 is 15.7 Å². The minimum Gasteiger partial charge on any atom is -0.349 e. The molecule has 0 heterocycles. The monoisotopic (exact) mass is 392 g/mol. The van der Waals surface area contributed by atoms with Gasteiger partial charge in [-0.05, 0) is 43.2 Å². The Morgan fingerprint density at radius 2 is 1.73 bits per heavy atom. The molecule has 3 rings (SSSR count). The van der Waals surface area contributed by atoms with Crippen molar-refractivity contribution in [1.82, 2.24) is 5.32 Å². The third kappa shape index (κ3) is 4.23. The van der Waals surface area contributed by atoms with Crippen molar-refractivity contribution in [3.05, 3.63) is 58.6 Å². The van der Waals surface area contributed by atoms with Gasteiger partial charge in [-0.2, -0.15) is 0 Å². The molecule has 0 saturated heterocycles. The number of nitrogens with one attached hydrogen (secondary N) is 2. The van der Waals surface area contributed by atoms with E-state index in [2.05, 4.69) is 10.6 Å². The fourth-order valence-electron chi connectivity index (χ4n) is 2.38. The Morgan fingerprint density at radius 1 is 1.04 bits per heavy atom. The second-order valence-electron chi connectivity index (χ2n) is 6.16. The molecule has 0 aliphatic heterocycles. The first kappa shape index (κ1) is 18.4. The lowest BCUT2D eigenvalue weighted by molar-refractivity contribution is 0.0952. The van der Waals surface area contributed by atoms with Gasteiger partial charge >= 0.3 is 0 Å². The number of anilines is 1. The Kier molecular flexibility index (Phi) is 5.02. The topological polar surface area (TPSA) is 92.3 Å². The van der Waals surface area contributed by atoms with Gasteiger partial charge in [-0.1, -0.05) is 23.7 Å². The molecule has 1 saturated carbocycles. The highest BCUT2D eigenvalue weighted by atomic mass is 35.5. The second kappa shape index (κ2) is 7.09. The average Bonchev–Trinajstić information content (AvgIpc) is 3.38. The molecular formula is C18H17ClN2O4S. The number of hydrogen-bond donors (Lipinski definition) is 2. The largest absolute Gasteiger partial charge is 0.349 e. The quantitative estimate of drug-likeness (QED) is 0.818. The zero-order chi connectivity index (χ0) is 18.9. The highest BCUT2D eigenvalue weighted by molar-refractivity contribution is 7.90. The Hall–Kier alpha value is -2.38. The summed E-state index contributed by atoms with van der Waals surface area (Å²) in [5.41, 5.74) is 0.687. The molecule has 1 aliphatic rings. The summed E-state index contributed by atoms with van der Waals surface area (Å²) in [4.78, 5) is 24.9. The van der Waals surface area contributed by atoms with Crippen molar-refractivity contribution in [3.63, 3.8) is 0 Å². The molecule has 136 valence electrons. The van der Waals surface area contributed by atoms with Crippen LogP contribution in [0.5, 0.6) is 0 Å². The lowest BCUT2D eigenvalue weighted by atomic mass is 10.1. The van der Waals surface area contributed by atoms with Gasteiger partial charge in [0.05, 0.1) is 26.7 Å². The Balaban J connectivity index is 1.88. The summed E-state index contributed by atoms with van der Waals surface area (Å²) in [6.07, 6.45) is 2.96. The summed E-state index contributed by atoms with van der Waals surface area (Å²) >= 11 is 6.05. The molecule has 1 aliphatic carbocycles. The summed E-state index contributed by atoms with van der Waals surface area (Å²) in [6, 6.07) is 10.7. The van der Waals surface area contributed by atoms with Gasteiger partial charge in [-0.15, -0.1) is 0 Å². The molecule has 1 fully saturated rings. The van der Waals surface area contributed by atoms with E-state index in [9.17, 15) is 18.0 Å². The van der Waals surface area contributed by atoms with Crippen LogP contribution in [-0.4, -0.2) is 32.5 Å². The normalized spacial score (nSPS) is 13.9. The van der Waals surface area contributed by atoms with Crippen molar-refractivity contribution in [2.75, 3.05) is 11.6 Å². The van der Waals surface area contributed by atoms with Crippen LogP contribution < -0.4 is 10.6 Å². The molecule has 0 unspecified atom stereocenters. The predicted molar refractivity (Wildman–Crippen MR) is 99.4 cm³/mol. The minimum absolute atomic E-state index is 0.00758. The van der Waals surface area contributed by atoms with E-state index in [-0.39, 0.29) is 27.4 Å². The maximum Gasteiger partial charge on any atom is 0.257 e. The van der Waals surface area contributed by atoms with Gasteiger partial charge in [0, 0.05) is 12.3 Å². The van der Waals surface area contributed by atoms with E-state index in [1.165, 1.54) is 18.2 Å². The minimum atomic E-state index is -3.48. The molecule has 6 nitrogen and oxygen atoms in total. The van der Waals surface area contributed by atoms with Crippen molar-refractivity contribution in [3.8, 4) is 0 Å². The fraction of sp³-hybridized carbons (Fsp3) is 0.222. The molecule has 2 N–H and O–H groups in total. The standard InChI is InChI=1S/C18H17ClN2O4S/c1-26(24,25)12-8-9-15(19)14(10-12)18(23)21-16-5-3-2-4-13(16)17(22)20-11-6-7-11/h2-5,8-11H,6-7H2,1H3,(H,20,22)(H,21,23). The van der Waals surface area contributed by atoms with Crippen molar-refractivity contribution >= 4 is 38.9 Å². The van der Waals surface area contributed by atoms with Gasteiger partial charge in [0.2, 0.25) is 0 Å². The number of hydrogen-bond acceptors (Lipinski definition) is 4. The van der Waals surface area contributed by atoms with Crippen molar-refractivity contribution in [2.24, 2.45) is 0 Å². The second-order valence-corrected chi connectivity index (χ2v) is 8.58. The number of para-hydroxylation sites is 1. The number of carbonyl (C=O) groups is 2. The van der Waals surface area contributed by atoms with Crippen LogP contribution in [-0.2, 0) is 9.84 Å². The van der Waals surface area contributed by atoms with E-state index in [1.807, 2.05) is 0 Å². The van der Waals surface area contributed by atoms with Crippen molar-refractivity contribution in [1.29, 1.82) is 0 Å². The molecular weight excluding hydrogens is 376 g/mol. The SMILES string of the molecule is CS(=O)(=O)c1ccc(Cl)c(C(=O)Nc2ccccc2C(=O)NC2CC2)c1. The van der Waals surface area contributed by atoms with Gasteiger partial charge in [-0.3, -0.25) is 9.59 Å². The van der Waals surface area contributed by atoms with Crippen LogP contribution in [0.3, 0.4) is 0 Å². The first-order chi connectivity index (χ1) is 12.3. The maximum absolute atomic E-state index is 12.6. The number of rotatable bonds is 5. The molecule has 0 aromatic heterocycles. The molecule has 2 aromatic carbocycles. The molecule has 2 aromatic rings. The fourth-order valence-corrected chi connectivity index (χ4v) is 3.23. The van der Waals surface area contributed by atoms with Gasteiger partial charge in [0.25, 0.3) is 11.8 Å². The Labute approximate surface area is 156 Å². The first-order valence-corrected chi connectivity index (χ1v) is 10.2. The average molecular weight is 393 g/mol. The van der Waals surface area contributed by atoms with Gasteiger partial charge in [-0.25, -0.2) is 8.42 Å². The molecule has 2 amide bonds. The molecule has 0 spiro atoms. The van der Waals surface area contributed by atoms with Gasteiger partial charge < -0.3 is 10.6 Å². The summed E-state index contributed by atoms with van der Waals surface area (Å²) in [5.74, 6) is -0.855. The molecule has 0 atom stereocenters. The molecule has 0 bridgehead atoms. The molecule has 26 heavy (non-hydrogen) atoms. The van der Waals surface area contributed by atoms with Crippen LogP contribution in [0.2, 0.25) is 5.02 Å². The van der Waals surface area contributed by atoms with E-state index in [1.54, 1.807) is 24.3 Å². The highest BCUT2D eigenvalue weighted by Gasteiger charge is 2.25. The van der Waals surface area contributed by atoms with E-state index in [0.717, 1.165) is 19.1 Å². The van der Waals surface area contributed by atoms with Crippen LogP contribution in [0.1, 0.15) is 33.6 Å². The number of carbonyl (C=O) groups excluding carboxylic acids is 2. The number of benzene rings is 2. The van der Waals surface area contributed by atoms with Crippen LogP contribution in [0.25, 0.3) is 0 Å². The van der Waals surface area contributed by atoms with E-state index in [0.29, 0.717) is 11.3 Å². The maximum atomic E-state index is 12.6. The molecule has 0 radical (unpaired) electrons. The van der Waals surface area contributed by atoms with Crippen LogP contribution in [0.15, 0.2) is 47.4 Å². The first-order valence-electron chi connectivity index (χ1n) is 7.96. The number of halogens is 1. The van der Waals surface area contributed by atoms with E-state index >= 15 is 0 Å². The predicted octanol–water partition coefficient (Wildman–Crippen LogP) is 2.89. The van der Waals surface area contributed by atoms with Crippen LogP contribution >= 0.6 is 11.6 Å². The van der Waals surface area contributed by atoms with Crippen molar-refractivity contribution in [2.45, 2.75) is 23.8 Å². The van der Waals surface area contributed by atoms with Gasteiger partial charge in [0.1, 0.15) is 0 Å². The van der Waals surface area contributed by atoms with Crippen LogP contribution in [0.4, 0.5) is 5.69 Å². The smallest absolute Gasteiger partial charge is 0.257 e. The highest BCUT2D eigenvalue weighted by Crippen LogP contribution is 2.24. The third-order valence-electron chi connectivity index (χ3n) is 3.94. The van der Waals surface area contributed by atoms with Crippen molar-refractivity contribution < 1.29 is 18.0 Å². The molecule has 8 heteroatoms. The lowest BCUT2D eigenvalue weighted by Gasteiger charge is -2.12. The zero-order valence-electron chi connectivity index (χ0n) is 14.0. The van der Waals surface area contributed by atoms with Gasteiger partial charge in [0.15, 0.2) is 9.84 Å².